The molecule has 1 fully saturated rings. The van der Waals surface area contributed by atoms with Crippen LogP contribution in [0.1, 0.15) is 15.9 Å². The lowest BCUT2D eigenvalue weighted by Crippen LogP contribution is -2.45. The van der Waals surface area contributed by atoms with Gasteiger partial charge in [0.05, 0.1) is 11.0 Å². The van der Waals surface area contributed by atoms with Crippen LogP contribution >= 0.6 is 0 Å². The van der Waals surface area contributed by atoms with Crippen molar-refractivity contribution in [1.29, 1.82) is 0 Å². The Kier molecular flexibility index (Phi) is 5.70. The molecular formula is C24H27N7O. The van der Waals surface area contributed by atoms with Gasteiger partial charge in [0, 0.05) is 56.4 Å². The standard InChI is InChI=1S/C24H27N7O/c1-30-12-14-31(15-13-30)11-8-17-2-5-19(6-3-17)27-24(32)18-4-7-20-21(16-18)29-23(28-20)22-25-9-10-26-22/h2-7,9-10,16H,8,11-15H2,1H3,(H,25,26)(H,27,32)(H,28,29). The summed E-state index contributed by atoms with van der Waals surface area (Å²) in [6, 6.07) is 13.6. The van der Waals surface area contributed by atoms with Gasteiger partial charge in [-0.25, -0.2) is 9.97 Å². The second-order valence-electron chi connectivity index (χ2n) is 8.30. The van der Waals surface area contributed by atoms with Gasteiger partial charge in [-0.3, -0.25) is 4.79 Å². The summed E-state index contributed by atoms with van der Waals surface area (Å²) in [5.41, 5.74) is 4.23. The van der Waals surface area contributed by atoms with Crippen LogP contribution < -0.4 is 5.32 Å². The van der Waals surface area contributed by atoms with E-state index in [4.69, 9.17) is 0 Å². The van der Waals surface area contributed by atoms with Crippen molar-refractivity contribution in [3.8, 4) is 11.6 Å². The number of nitrogens with one attached hydrogen (secondary N) is 3. The molecule has 2 aromatic carbocycles. The van der Waals surface area contributed by atoms with Gasteiger partial charge in [0.2, 0.25) is 0 Å². The average Bonchev–Trinajstić information content (AvgIpc) is 3.49. The lowest BCUT2D eigenvalue weighted by atomic mass is 10.1. The van der Waals surface area contributed by atoms with E-state index in [1.165, 1.54) is 5.56 Å². The van der Waals surface area contributed by atoms with Gasteiger partial charge in [0.1, 0.15) is 0 Å². The SMILES string of the molecule is CN1CCN(CCc2ccc(NC(=O)c3ccc4nc(-c5ncc[nH]5)[nH]c4c3)cc2)CC1. The van der Waals surface area contributed by atoms with Crippen LogP contribution in [0.3, 0.4) is 0 Å². The largest absolute Gasteiger partial charge is 0.342 e. The number of amides is 1. The Morgan fingerprint density at radius 3 is 2.62 bits per heavy atom. The van der Waals surface area contributed by atoms with E-state index in [1.54, 1.807) is 18.5 Å². The third kappa shape index (κ3) is 4.56. The summed E-state index contributed by atoms with van der Waals surface area (Å²) in [5.74, 6) is 1.17. The number of piperazine rings is 1. The van der Waals surface area contributed by atoms with Crippen LogP contribution in [0.15, 0.2) is 54.9 Å². The van der Waals surface area contributed by atoms with Crippen molar-refractivity contribution in [3.63, 3.8) is 0 Å². The molecule has 0 saturated carbocycles. The predicted molar refractivity (Wildman–Crippen MR) is 126 cm³/mol. The van der Waals surface area contributed by atoms with Crippen molar-refractivity contribution in [3.05, 3.63) is 66.0 Å². The summed E-state index contributed by atoms with van der Waals surface area (Å²) >= 11 is 0. The fourth-order valence-electron chi connectivity index (χ4n) is 3.97. The van der Waals surface area contributed by atoms with E-state index >= 15 is 0 Å². The Labute approximate surface area is 186 Å². The van der Waals surface area contributed by atoms with Crippen molar-refractivity contribution < 1.29 is 4.79 Å². The van der Waals surface area contributed by atoms with E-state index in [-0.39, 0.29) is 5.91 Å². The average molecular weight is 430 g/mol. The van der Waals surface area contributed by atoms with Gasteiger partial charge in [-0.15, -0.1) is 0 Å². The first kappa shape index (κ1) is 20.4. The topological polar surface area (TPSA) is 92.9 Å². The molecule has 1 amide bonds. The number of nitrogens with zero attached hydrogens (tertiary/aromatic N) is 4. The Morgan fingerprint density at radius 1 is 1.06 bits per heavy atom. The van der Waals surface area contributed by atoms with Crippen molar-refractivity contribution in [2.45, 2.75) is 6.42 Å². The minimum absolute atomic E-state index is 0.147. The van der Waals surface area contributed by atoms with Crippen LogP contribution in [0.25, 0.3) is 22.7 Å². The predicted octanol–water partition coefficient (Wildman–Crippen LogP) is 3.00. The Hall–Kier alpha value is -3.49. The number of hydrogen-bond acceptors (Lipinski definition) is 5. The van der Waals surface area contributed by atoms with Crippen molar-refractivity contribution in [2.24, 2.45) is 0 Å². The van der Waals surface area contributed by atoms with E-state index in [1.807, 2.05) is 24.3 Å². The minimum Gasteiger partial charge on any atom is -0.342 e. The third-order valence-corrected chi connectivity index (χ3v) is 5.99. The molecule has 0 bridgehead atoms. The highest BCUT2D eigenvalue weighted by Gasteiger charge is 2.14. The minimum atomic E-state index is -0.147. The highest BCUT2D eigenvalue weighted by molar-refractivity contribution is 6.06. The molecule has 1 aliphatic rings. The number of carbonyl (C=O) groups is 1. The summed E-state index contributed by atoms with van der Waals surface area (Å²) in [5, 5.41) is 2.99. The Bertz CT molecular complexity index is 1190. The van der Waals surface area contributed by atoms with E-state index in [9.17, 15) is 4.79 Å². The third-order valence-electron chi connectivity index (χ3n) is 5.99. The number of likely N-dealkylation sites (N-methyl/N-ethyl adjacent to an activating group) is 1. The second-order valence-corrected chi connectivity index (χ2v) is 8.30. The highest BCUT2D eigenvalue weighted by atomic mass is 16.1. The maximum atomic E-state index is 12.8. The smallest absolute Gasteiger partial charge is 0.255 e. The lowest BCUT2D eigenvalue weighted by molar-refractivity contribution is 0.102. The fourth-order valence-corrected chi connectivity index (χ4v) is 3.97. The number of rotatable bonds is 6. The zero-order valence-electron chi connectivity index (χ0n) is 18.1. The molecule has 1 aliphatic heterocycles. The van der Waals surface area contributed by atoms with Crippen LogP contribution in [-0.4, -0.2) is 75.4 Å². The lowest BCUT2D eigenvalue weighted by Gasteiger charge is -2.32. The second kappa shape index (κ2) is 8.94. The number of hydrogen-bond donors (Lipinski definition) is 3. The van der Waals surface area contributed by atoms with E-state index in [0.717, 1.165) is 55.9 Å². The summed E-state index contributed by atoms with van der Waals surface area (Å²) < 4.78 is 0. The molecule has 8 nitrogen and oxygen atoms in total. The summed E-state index contributed by atoms with van der Waals surface area (Å²) in [6.45, 7) is 5.62. The molecule has 2 aromatic heterocycles. The maximum absolute atomic E-state index is 12.8. The monoisotopic (exact) mass is 429 g/mol. The van der Waals surface area contributed by atoms with E-state index in [2.05, 4.69) is 54.2 Å². The van der Waals surface area contributed by atoms with Crippen LogP contribution in [0.2, 0.25) is 0 Å². The number of carbonyl (C=O) groups excluding carboxylic acids is 1. The fraction of sp³-hybridized carbons (Fsp3) is 0.292. The van der Waals surface area contributed by atoms with Crippen LogP contribution in [0.5, 0.6) is 0 Å². The first-order valence-corrected chi connectivity index (χ1v) is 10.9. The van der Waals surface area contributed by atoms with Gasteiger partial charge >= 0.3 is 0 Å². The van der Waals surface area contributed by atoms with Gasteiger partial charge in [-0.2, -0.15) is 0 Å². The number of fused-ring (bicyclic) bond motifs is 1. The quantitative estimate of drug-likeness (QED) is 0.438. The molecule has 0 atom stereocenters. The molecule has 0 radical (unpaired) electrons. The van der Waals surface area contributed by atoms with Gasteiger partial charge in [0.15, 0.2) is 11.6 Å². The summed E-state index contributed by atoms with van der Waals surface area (Å²) in [4.78, 5) is 32.6. The molecule has 3 N–H and O–H groups in total. The first-order valence-electron chi connectivity index (χ1n) is 10.9. The first-order chi connectivity index (χ1) is 15.6. The zero-order chi connectivity index (χ0) is 21.9. The number of aromatic nitrogens is 4. The van der Waals surface area contributed by atoms with Crippen LogP contribution in [-0.2, 0) is 6.42 Å². The number of anilines is 1. The Balaban J connectivity index is 1.20. The van der Waals surface area contributed by atoms with Crippen LogP contribution in [0.4, 0.5) is 5.69 Å². The normalized spacial score (nSPS) is 15.3. The molecule has 0 unspecified atom stereocenters. The van der Waals surface area contributed by atoms with Crippen molar-refractivity contribution >= 4 is 22.6 Å². The van der Waals surface area contributed by atoms with Gasteiger partial charge < -0.3 is 25.1 Å². The summed E-state index contributed by atoms with van der Waals surface area (Å²) in [6.07, 6.45) is 4.45. The number of aromatic amines is 2. The molecule has 32 heavy (non-hydrogen) atoms. The molecule has 0 spiro atoms. The molecule has 4 aromatic rings. The van der Waals surface area contributed by atoms with Crippen molar-refractivity contribution in [2.75, 3.05) is 45.1 Å². The molecule has 1 saturated heterocycles. The number of H-pyrrole nitrogens is 2. The van der Waals surface area contributed by atoms with Gasteiger partial charge in [-0.1, -0.05) is 12.1 Å². The van der Waals surface area contributed by atoms with Crippen molar-refractivity contribution in [1.82, 2.24) is 29.7 Å². The van der Waals surface area contributed by atoms with Gasteiger partial charge in [-0.05, 0) is 49.4 Å². The van der Waals surface area contributed by atoms with Gasteiger partial charge in [0.25, 0.3) is 5.91 Å². The van der Waals surface area contributed by atoms with E-state index < -0.39 is 0 Å². The molecule has 3 heterocycles. The molecular weight excluding hydrogens is 402 g/mol. The molecule has 164 valence electrons. The molecule has 0 aliphatic carbocycles. The molecule has 5 rings (SSSR count). The van der Waals surface area contributed by atoms with Crippen LogP contribution in [0, 0.1) is 0 Å². The number of benzene rings is 2. The summed E-state index contributed by atoms with van der Waals surface area (Å²) in [7, 11) is 2.18. The zero-order valence-corrected chi connectivity index (χ0v) is 18.1. The number of imidazole rings is 2. The molecule has 8 heteroatoms. The Morgan fingerprint density at radius 2 is 1.88 bits per heavy atom. The maximum Gasteiger partial charge on any atom is 0.255 e. The van der Waals surface area contributed by atoms with E-state index in [0.29, 0.717) is 17.2 Å². The highest BCUT2D eigenvalue weighted by Crippen LogP contribution is 2.20.